The Balaban J connectivity index is 2.15. The van der Waals surface area contributed by atoms with Crippen LogP contribution in [0, 0.1) is 6.92 Å². The Labute approximate surface area is 103 Å². The van der Waals surface area contributed by atoms with Crippen molar-refractivity contribution in [3.05, 3.63) is 35.6 Å². The molecular formula is C15H21NO. The summed E-state index contributed by atoms with van der Waals surface area (Å²) >= 11 is 0. The molecule has 1 unspecified atom stereocenters. The van der Waals surface area contributed by atoms with Gasteiger partial charge in [0.25, 0.3) is 0 Å². The molecule has 0 aliphatic rings. The number of furan rings is 1. The summed E-state index contributed by atoms with van der Waals surface area (Å²) in [5.41, 5.74) is 2.38. The molecule has 0 amide bonds. The summed E-state index contributed by atoms with van der Waals surface area (Å²) in [4.78, 5) is 0. The van der Waals surface area contributed by atoms with Crippen LogP contribution in [-0.2, 0) is 6.42 Å². The Morgan fingerprint density at radius 3 is 2.82 bits per heavy atom. The predicted molar refractivity (Wildman–Crippen MR) is 72.4 cm³/mol. The van der Waals surface area contributed by atoms with Crippen molar-refractivity contribution < 1.29 is 4.42 Å². The maximum atomic E-state index is 5.77. The van der Waals surface area contributed by atoms with Gasteiger partial charge in [0.2, 0.25) is 0 Å². The molecule has 0 bridgehead atoms. The zero-order valence-electron chi connectivity index (χ0n) is 10.9. The van der Waals surface area contributed by atoms with E-state index in [1.807, 2.05) is 12.1 Å². The highest BCUT2D eigenvalue weighted by atomic mass is 16.3. The second-order valence-electron chi connectivity index (χ2n) is 4.63. The van der Waals surface area contributed by atoms with Gasteiger partial charge in [-0.05, 0) is 39.3 Å². The molecule has 0 spiro atoms. The third-order valence-corrected chi connectivity index (χ3v) is 3.28. The van der Waals surface area contributed by atoms with E-state index < -0.39 is 0 Å². The van der Waals surface area contributed by atoms with Gasteiger partial charge in [-0.25, -0.2) is 0 Å². The van der Waals surface area contributed by atoms with Gasteiger partial charge in [-0.2, -0.15) is 0 Å². The van der Waals surface area contributed by atoms with Crippen molar-refractivity contribution in [3.8, 4) is 0 Å². The Bertz CT molecular complexity index is 487. The van der Waals surface area contributed by atoms with Crippen molar-refractivity contribution >= 4 is 11.0 Å². The first kappa shape index (κ1) is 12.2. The molecule has 1 aromatic carbocycles. The molecule has 2 heteroatoms. The largest absolute Gasteiger partial charge is 0.461 e. The maximum Gasteiger partial charge on any atom is 0.134 e. The number of benzene rings is 1. The van der Waals surface area contributed by atoms with Crippen molar-refractivity contribution in [2.75, 3.05) is 6.54 Å². The monoisotopic (exact) mass is 231 g/mol. The summed E-state index contributed by atoms with van der Waals surface area (Å²) in [5, 5.41) is 4.72. The molecule has 1 aromatic heterocycles. The Morgan fingerprint density at radius 1 is 1.29 bits per heavy atom. The van der Waals surface area contributed by atoms with Crippen LogP contribution in [0.5, 0.6) is 0 Å². The SMILES string of the molecule is CCNC(C)CCc1c(C)oc2ccccc12. The molecule has 1 N–H and O–H groups in total. The van der Waals surface area contributed by atoms with Crippen LogP contribution in [-0.4, -0.2) is 12.6 Å². The van der Waals surface area contributed by atoms with Gasteiger partial charge in [-0.3, -0.25) is 0 Å². The van der Waals surface area contributed by atoms with E-state index in [4.69, 9.17) is 4.42 Å². The van der Waals surface area contributed by atoms with E-state index in [1.54, 1.807) is 0 Å². The highest BCUT2D eigenvalue weighted by molar-refractivity contribution is 5.82. The average molecular weight is 231 g/mol. The molecule has 17 heavy (non-hydrogen) atoms. The number of para-hydroxylation sites is 1. The highest BCUT2D eigenvalue weighted by Gasteiger charge is 2.11. The van der Waals surface area contributed by atoms with Crippen molar-refractivity contribution in [2.24, 2.45) is 0 Å². The molecule has 2 aromatic rings. The first-order chi connectivity index (χ1) is 8.22. The molecule has 0 radical (unpaired) electrons. The van der Waals surface area contributed by atoms with E-state index in [0.29, 0.717) is 6.04 Å². The van der Waals surface area contributed by atoms with E-state index in [1.165, 1.54) is 10.9 Å². The lowest BCUT2D eigenvalue weighted by Gasteiger charge is -2.11. The van der Waals surface area contributed by atoms with E-state index >= 15 is 0 Å². The van der Waals surface area contributed by atoms with Crippen LogP contribution in [0.1, 0.15) is 31.6 Å². The lowest BCUT2D eigenvalue weighted by atomic mass is 10.0. The summed E-state index contributed by atoms with van der Waals surface area (Å²) in [6.45, 7) is 7.48. The van der Waals surface area contributed by atoms with Crippen molar-refractivity contribution in [1.82, 2.24) is 5.32 Å². The first-order valence-electron chi connectivity index (χ1n) is 6.42. The van der Waals surface area contributed by atoms with Crippen LogP contribution < -0.4 is 5.32 Å². The van der Waals surface area contributed by atoms with Crippen LogP contribution in [0.4, 0.5) is 0 Å². The van der Waals surface area contributed by atoms with Crippen LogP contribution in [0.15, 0.2) is 28.7 Å². The minimum Gasteiger partial charge on any atom is -0.461 e. The minimum atomic E-state index is 0.563. The quantitative estimate of drug-likeness (QED) is 0.849. The molecule has 0 saturated carbocycles. The number of aryl methyl sites for hydroxylation is 2. The average Bonchev–Trinajstić information content (AvgIpc) is 2.62. The lowest BCUT2D eigenvalue weighted by Crippen LogP contribution is -2.25. The van der Waals surface area contributed by atoms with Gasteiger partial charge in [0.1, 0.15) is 11.3 Å². The fourth-order valence-corrected chi connectivity index (χ4v) is 2.34. The fraction of sp³-hybridized carbons (Fsp3) is 0.467. The zero-order chi connectivity index (χ0) is 12.3. The Hall–Kier alpha value is -1.28. The molecule has 1 atom stereocenters. The summed E-state index contributed by atoms with van der Waals surface area (Å²) < 4.78 is 5.77. The van der Waals surface area contributed by atoms with Crippen LogP contribution in [0.25, 0.3) is 11.0 Å². The van der Waals surface area contributed by atoms with E-state index in [-0.39, 0.29) is 0 Å². The van der Waals surface area contributed by atoms with Gasteiger partial charge in [0, 0.05) is 17.0 Å². The number of rotatable bonds is 5. The van der Waals surface area contributed by atoms with Gasteiger partial charge in [-0.1, -0.05) is 25.1 Å². The number of fused-ring (bicyclic) bond motifs is 1. The topological polar surface area (TPSA) is 25.2 Å². The minimum absolute atomic E-state index is 0.563. The second kappa shape index (κ2) is 5.37. The predicted octanol–water partition coefficient (Wildman–Crippen LogP) is 3.67. The van der Waals surface area contributed by atoms with Gasteiger partial charge in [-0.15, -0.1) is 0 Å². The van der Waals surface area contributed by atoms with Crippen LogP contribution in [0.3, 0.4) is 0 Å². The van der Waals surface area contributed by atoms with E-state index in [2.05, 4.69) is 38.2 Å². The van der Waals surface area contributed by atoms with Gasteiger partial charge in [0.05, 0.1) is 0 Å². The van der Waals surface area contributed by atoms with Gasteiger partial charge in [0.15, 0.2) is 0 Å². The number of hydrogen-bond donors (Lipinski definition) is 1. The zero-order valence-corrected chi connectivity index (χ0v) is 10.9. The second-order valence-corrected chi connectivity index (χ2v) is 4.63. The molecule has 92 valence electrons. The Morgan fingerprint density at radius 2 is 2.06 bits per heavy atom. The molecule has 1 heterocycles. The molecule has 0 aliphatic carbocycles. The molecular weight excluding hydrogens is 210 g/mol. The normalized spacial score (nSPS) is 13.1. The smallest absolute Gasteiger partial charge is 0.134 e. The van der Waals surface area contributed by atoms with Crippen molar-refractivity contribution in [3.63, 3.8) is 0 Å². The number of nitrogens with one attached hydrogen (secondary N) is 1. The summed E-state index contributed by atoms with van der Waals surface area (Å²) in [6, 6.07) is 8.86. The molecule has 2 nitrogen and oxygen atoms in total. The molecule has 0 saturated heterocycles. The van der Waals surface area contributed by atoms with E-state index in [0.717, 1.165) is 30.7 Å². The summed E-state index contributed by atoms with van der Waals surface area (Å²) in [5.74, 6) is 1.06. The standard InChI is InChI=1S/C15H21NO/c1-4-16-11(2)9-10-13-12(3)17-15-8-6-5-7-14(13)15/h5-8,11,16H,4,9-10H2,1-3H3. The van der Waals surface area contributed by atoms with E-state index in [9.17, 15) is 0 Å². The highest BCUT2D eigenvalue weighted by Crippen LogP contribution is 2.26. The number of hydrogen-bond acceptors (Lipinski definition) is 2. The molecule has 2 rings (SSSR count). The Kier molecular flexibility index (Phi) is 3.85. The third-order valence-electron chi connectivity index (χ3n) is 3.28. The summed E-state index contributed by atoms with van der Waals surface area (Å²) in [6.07, 6.45) is 2.23. The molecule has 0 aliphatic heterocycles. The fourth-order valence-electron chi connectivity index (χ4n) is 2.34. The van der Waals surface area contributed by atoms with Crippen LogP contribution >= 0.6 is 0 Å². The molecule has 0 fully saturated rings. The van der Waals surface area contributed by atoms with Gasteiger partial charge >= 0.3 is 0 Å². The summed E-state index contributed by atoms with van der Waals surface area (Å²) in [7, 11) is 0. The van der Waals surface area contributed by atoms with Crippen molar-refractivity contribution in [2.45, 2.75) is 39.7 Å². The first-order valence-corrected chi connectivity index (χ1v) is 6.42. The van der Waals surface area contributed by atoms with Gasteiger partial charge < -0.3 is 9.73 Å². The lowest BCUT2D eigenvalue weighted by molar-refractivity contribution is 0.523. The van der Waals surface area contributed by atoms with Crippen molar-refractivity contribution in [1.29, 1.82) is 0 Å². The maximum absolute atomic E-state index is 5.77. The van der Waals surface area contributed by atoms with Crippen LogP contribution in [0.2, 0.25) is 0 Å². The third kappa shape index (κ3) is 2.70.